The number of fused-ring (bicyclic) bond motifs is 1. The summed E-state index contributed by atoms with van der Waals surface area (Å²) >= 11 is 0. The molecule has 2 unspecified atom stereocenters. The molecule has 1 aliphatic heterocycles. The molecule has 15 heteroatoms. The van der Waals surface area contributed by atoms with Gasteiger partial charge in [0, 0.05) is 18.7 Å². The Morgan fingerprint density at radius 3 is 2.79 bits per heavy atom. The van der Waals surface area contributed by atoms with Crippen LogP contribution in [0.25, 0.3) is 11.2 Å². The Hall–Kier alpha value is -2.19. The summed E-state index contributed by atoms with van der Waals surface area (Å²) in [5.41, 5.74) is 5.75. The van der Waals surface area contributed by atoms with E-state index in [0.29, 0.717) is 0 Å². The topological polar surface area (TPSA) is 210 Å². The predicted octanol–water partition coefficient (Wildman–Crippen LogP) is -0.962. The molecule has 0 aromatic carbocycles. The van der Waals surface area contributed by atoms with E-state index in [0.717, 1.165) is 25.7 Å². The van der Waals surface area contributed by atoms with Crippen LogP contribution in [0.4, 0.5) is 10.6 Å². The van der Waals surface area contributed by atoms with Crippen LogP contribution in [0.5, 0.6) is 0 Å². The van der Waals surface area contributed by atoms with Gasteiger partial charge in [0.1, 0.15) is 32.2 Å². The van der Waals surface area contributed by atoms with E-state index in [-0.39, 0.29) is 35.7 Å². The highest BCUT2D eigenvalue weighted by atomic mass is 31.2. The second kappa shape index (κ2) is 9.97. The molecule has 14 nitrogen and oxygen atoms in total. The van der Waals surface area contributed by atoms with Crippen molar-refractivity contribution in [2.75, 3.05) is 24.6 Å². The summed E-state index contributed by atoms with van der Waals surface area (Å²) in [5.74, 6) is 0.177. The van der Waals surface area contributed by atoms with Gasteiger partial charge < -0.3 is 40.0 Å². The van der Waals surface area contributed by atoms with Gasteiger partial charge in [-0.2, -0.15) is 0 Å². The molecule has 2 aromatic heterocycles. The van der Waals surface area contributed by atoms with Gasteiger partial charge in [0.15, 0.2) is 23.2 Å². The molecular weight excluding hydrogens is 457 g/mol. The molecule has 0 radical (unpaired) electrons. The van der Waals surface area contributed by atoms with Crippen molar-refractivity contribution < 1.29 is 33.7 Å². The minimum Gasteiger partial charge on any atom is -0.778 e. The molecule has 0 bridgehead atoms. The Morgan fingerprint density at radius 1 is 1.30 bits per heavy atom. The third-order valence-corrected chi connectivity index (χ3v) is 7.08. The Morgan fingerprint density at radius 2 is 2.06 bits per heavy atom. The van der Waals surface area contributed by atoms with Crippen molar-refractivity contribution >= 4 is 30.6 Å². The highest BCUT2D eigenvalue weighted by Gasteiger charge is 2.44. The number of carbonyl (C=O) groups excluding carboxylic acids is 1. The number of aromatic nitrogens is 4. The van der Waals surface area contributed by atoms with Crippen LogP contribution in [0.2, 0.25) is 0 Å². The van der Waals surface area contributed by atoms with Crippen molar-refractivity contribution in [1.82, 2.24) is 24.8 Å². The third-order valence-electron chi connectivity index (χ3n) is 5.73. The van der Waals surface area contributed by atoms with Crippen LogP contribution in [0.1, 0.15) is 31.9 Å². The number of imidazole rings is 1. The number of hydrogen-bond acceptors (Lipinski definition) is 11. The van der Waals surface area contributed by atoms with Crippen molar-refractivity contribution in [1.29, 1.82) is 0 Å². The molecule has 1 saturated heterocycles. The molecule has 3 heterocycles. The second-order valence-electron chi connectivity index (χ2n) is 8.09. The monoisotopic (exact) mass is 484 g/mol. The highest BCUT2D eigenvalue weighted by molar-refractivity contribution is 7.51. The molecule has 2 amide bonds. The number of nitrogens with one attached hydrogen (secondary N) is 2. The molecule has 5 atom stereocenters. The maximum Gasteiger partial charge on any atom is 0.320 e. The molecule has 2 fully saturated rings. The first-order valence-electron chi connectivity index (χ1n) is 10.7. The molecule has 6 N–H and O–H groups in total. The normalized spacial score (nSPS) is 27.6. The lowest BCUT2D eigenvalue weighted by Crippen LogP contribution is -2.36. The number of nitrogens with two attached hydrogens (primary N) is 1. The third kappa shape index (κ3) is 5.32. The first-order valence-corrected chi connectivity index (χ1v) is 12.4. The molecule has 1 saturated carbocycles. The number of anilines is 1. The second-order valence-corrected chi connectivity index (χ2v) is 10.0. The maximum atomic E-state index is 12.3. The van der Waals surface area contributed by atoms with E-state index in [9.17, 15) is 24.5 Å². The van der Waals surface area contributed by atoms with Crippen molar-refractivity contribution in [3.63, 3.8) is 0 Å². The van der Waals surface area contributed by atoms with Crippen LogP contribution in [0.15, 0.2) is 12.7 Å². The van der Waals surface area contributed by atoms with E-state index in [1.54, 1.807) is 0 Å². The van der Waals surface area contributed by atoms with Gasteiger partial charge in [-0.25, -0.2) is 19.7 Å². The van der Waals surface area contributed by atoms with Gasteiger partial charge in [0.2, 0.25) is 0 Å². The first kappa shape index (κ1) is 24.0. The first-order chi connectivity index (χ1) is 15.8. The lowest BCUT2D eigenvalue weighted by atomic mass is 10.1. The van der Waals surface area contributed by atoms with Crippen molar-refractivity contribution in [3.05, 3.63) is 12.7 Å². The number of hydrogen-bond donors (Lipinski definition) is 5. The van der Waals surface area contributed by atoms with Gasteiger partial charge in [0.25, 0.3) is 0 Å². The maximum absolute atomic E-state index is 12.3. The molecular formula is C18H27N7O7P-. The molecule has 1 aliphatic carbocycles. The average Bonchev–Trinajstić information content (AvgIpc) is 3.48. The molecule has 2 aromatic rings. The smallest absolute Gasteiger partial charge is 0.320 e. The number of urea groups is 1. The van der Waals surface area contributed by atoms with Crippen LogP contribution in [-0.2, 0) is 13.8 Å². The predicted molar refractivity (Wildman–Crippen MR) is 113 cm³/mol. The van der Waals surface area contributed by atoms with Gasteiger partial charge in [-0.15, -0.1) is 0 Å². The highest BCUT2D eigenvalue weighted by Crippen LogP contribution is 2.39. The lowest BCUT2D eigenvalue weighted by Gasteiger charge is -2.25. The van der Waals surface area contributed by atoms with Gasteiger partial charge in [-0.3, -0.25) is 9.88 Å². The zero-order valence-electron chi connectivity index (χ0n) is 17.7. The molecule has 4 rings (SSSR count). The van der Waals surface area contributed by atoms with E-state index in [2.05, 4.69) is 25.6 Å². The summed E-state index contributed by atoms with van der Waals surface area (Å²) in [6.07, 6.45) is 1.17. The number of amides is 2. The standard InChI is InChI=1S/C18H28N7O7P/c19-5-6-33(29,30)31-7-11-13(26)14(27)17(32-11)25-9-22-12-15(20-8-21-16(12)25)24-18(28)23-10-3-1-2-4-10/h8-11,13-14,17,26-27H,1-7,19H2,(H,29,30)(H2,20,21,23,24,28)/p-1/t11-,13?,14+,17-/m1/s1. The fourth-order valence-corrected chi connectivity index (χ4v) is 4.85. The SMILES string of the molecule is NCCP(=O)([O-])OC[C@H]1O[C@@H](n2cnc3c(NC(=O)NC4CCCC4)ncnc32)[C@@H](O)C1O. The number of ether oxygens (including phenoxy) is 1. The van der Waals surface area contributed by atoms with Gasteiger partial charge in [-0.1, -0.05) is 12.8 Å². The van der Waals surface area contributed by atoms with Crippen LogP contribution in [-0.4, -0.2) is 79.4 Å². The zero-order valence-corrected chi connectivity index (χ0v) is 18.6. The van der Waals surface area contributed by atoms with E-state index < -0.39 is 44.8 Å². The minimum atomic E-state index is -4.18. The fraction of sp³-hybridized carbons (Fsp3) is 0.667. The van der Waals surface area contributed by atoms with Crippen LogP contribution in [0, 0.1) is 0 Å². The summed E-state index contributed by atoms with van der Waals surface area (Å²) in [6.45, 7) is -0.582. The van der Waals surface area contributed by atoms with Crippen LogP contribution in [0.3, 0.4) is 0 Å². The summed E-state index contributed by atoms with van der Waals surface area (Å²) in [5, 5.41) is 26.4. The Labute approximate surface area is 189 Å². The van der Waals surface area contributed by atoms with Crippen molar-refractivity contribution in [2.45, 2.75) is 56.3 Å². The number of carbonyl (C=O) groups is 1. The van der Waals surface area contributed by atoms with Crippen molar-refractivity contribution in [2.24, 2.45) is 5.73 Å². The quantitative estimate of drug-likeness (QED) is 0.288. The Kier molecular flexibility index (Phi) is 7.24. The molecule has 0 spiro atoms. The zero-order chi connectivity index (χ0) is 23.6. The van der Waals surface area contributed by atoms with Crippen LogP contribution < -0.4 is 21.3 Å². The Balaban J connectivity index is 1.47. The minimum absolute atomic E-state index is 0.101. The average molecular weight is 484 g/mol. The number of aliphatic hydroxyl groups excluding tert-OH is 2. The summed E-state index contributed by atoms with van der Waals surface area (Å²) in [4.78, 5) is 36.5. The number of aliphatic hydroxyl groups is 2. The Bertz CT molecular complexity index is 1030. The molecule has 182 valence electrons. The number of rotatable bonds is 8. The van der Waals surface area contributed by atoms with E-state index in [1.165, 1.54) is 17.2 Å². The van der Waals surface area contributed by atoms with E-state index in [4.69, 9.17) is 15.0 Å². The lowest BCUT2D eigenvalue weighted by molar-refractivity contribution is -0.201. The summed E-state index contributed by atoms with van der Waals surface area (Å²) in [7, 11) is -4.18. The number of nitrogens with zero attached hydrogens (tertiary/aromatic N) is 4. The summed E-state index contributed by atoms with van der Waals surface area (Å²) in [6, 6.07) is -0.280. The largest absolute Gasteiger partial charge is 0.778 e. The van der Waals surface area contributed by atoms with E-state index in [1.807, 2.05) is 0 Å². The van der Waals surface area contributed by atoms with Gasteiger partial charge in [0.05, 0.1) is 12.9 Å². The fourth-order valence-electron chi connectivity index (χ4n) is 4.04. The van der Waals surface area contributed by atoms with Gasteiger partial charge in [-0.05, 0) is 12.8 Å². The van der Waals surface area contributed by atoms with E-state index >= 15 is 0 Å². The molecule has 33 heavy (non-hydrogen) atoms. The van der Waals surface area contributed by atoms with Crippen molar-refractivity contribution in [3.8, 4) is 0 Å². The molecule has 2 aliphatic rings. The van der Waals surface area contributed by atoms with Gasteiger partial charge >= 0.3 is 6.03 Å². The van der Waals surface area contributed by atoms with Crippen LogP contribution >= 0.6 is 7.60 Å². The summed E-state index contributed by atoms with van der Waals surface area (Å²) < 4.78 is 23.7.